The summed E-state index contributed by atoms with van der Waals surface area (Å²) in [6, 6.07) is 15.5. The molecule has 0 bridgehead atoms. The van der Waals surface area contributed by atoms with Crippen molar-refractivity contribution in [1.82, 2.24) is 19.8 Å². The number of rotatable bonds is 11. The SMILES string of the molecule is CC(C)c1noc(N2CCC(COc3ccc(-c4ccc(S(=O)(=O)NCCN5CCOCC5)cc4)cc3)CC2)n1.O=C(O)C(F)(F)F. The standard InChI is InChI=1S/C29H39N5O5S.C2HF3O2/c1-22(2)28-31-29(39-32-28)34-14-11-23(12-15-34)21-38-26-7-3-24(4-8-26)25-5-9-27(10-6-25)40(35,36)30-13-16-33-17-19-37-20-18-33;3-2(4,5)1(6)7/h3-10,22-23,30H,11-21H2,1-2H3;(H,6,7). The molecule has 2 aliphatic rings. The minimum Gasteiger partial charge on any atom is -0.493 e. The smallest absolute Gasteiger partial charge is 0.490 e. The lowest BCUT2D eigenvalue weighted by Gasteiger charge is -2.30. The lowest BCUT2D eigenvalue weighted by molar-refractivity contribution is -0.192. The first-order valence-electron chi connectivity index (χ1n) is 15.3. The Morgan fingerprint density at radius 2 is 1.60 bits per heavy atom. The van der Waals surface area contributed by atoms with Crippen LogP contribution < -0.4 is 14.4 Å². The van der Waals surface area contributed by atoms with Crippen LogP contribution in [0.2, 0.25) is 0 Å². The summed E-state index contributed by atoms with van der Waals surface area (Å²) in [7, 11) is -3.55. The van der Waals surface area contributed by atoms with Gasteiger partial charge in [0.1, 0.15) is 5.75 Å². The van der Waals surface area contributed by atoms with Crippen molar-refractivity contribution < 1.29 is 45.5 Å². The fraction of sp³-hybridized carbons (Fsp3) is 0.516. The normalized spacial score (nSPS) is 16.5. The molecule has 3 heterocycles. The first kappa shape index (κ1) is 36.1. The number of carbonyl (C=O) groups is 1. The number of ether oxygens (including phenoxy) is 2. The number of carboxylic acids is 1. The Labute approximate surface area is 271 Å². The van der Waals surface area contributed by atoms with Crippen LogP contribution in [-0.4, -0.2) is 99.8 Å². The monoisotopic (exact) mass is 683 g/mol. The van der Waals surface area contributed by atoms with Crippen LogP contribution in [0.5, 0.6) is 5.75 Å². The summed E-state index contributed by atoms with van der Waals surface area (Å²) >= 11 is 0. The van der Waals surface area contributed by atoms with Crippen LogP contribution in [0.1, 0.15) is 38.4 Å². The van der Waals surface area contributed by atoms with Gasteiger partial charge in [0, 0.05) is 45.2 Å². The lowest BCUT2D eigenvalue weighted by Crippen LogP contribution is -2.41. The van der Waals surface area contributed by atoms with Gasteiger partial charge in [-0.2, -0.15) is 18.2 Å². The molecule has 5 rings (SSSR count). The van der Waals surface area contributed by atoms with E-state index in [1.165, 1.54) is 0 Å². The zero-order valence-corrected chi connectivity index (χ0v) is 27.1. The number of hydrogen-bond donors (Lipinski definition) is 2. The Morgan fingerprint density at radius 1 is 1.02 bits per heavy atom. The number of piperidine rings is 1. The van der Waals surface area contributed by atoms with Gasteiger partial charge in [-0.15, -0.1) is 0 Å². The minimum absolute atomic E-state index is 0.253. The second kappa shape index (κ2) is 16.4. The Hall–Kier alpha value is -3.73. The Morgan fingerprint density at radius 3 is 2.13 bits per heavy atom. The van der Waals surface area contributed by atoms with E-state index < -0.39 is 22.2 Å². The summed E-state index contributed by atoms with van der Waals surface area (Å²) in [6.07, 6.45) is -3.07. The van der Waals surface area contributed by atoms with E-state index in [1.54, 1.807) is 12.1 Å². The molecule has 12 nitrogen and oxygen atoms in total. The fourth-order valence-electron chi connectivity index (χ4n) is 4.91. The molecule has 3 aromatic rings. The third kappa shape index (κ3) is 10.9. The molecule has 0 amide bonds. The molecule has 0 spiro atoms. The molecule has 2 fully saturated rings. The topological polar surface area (TPSA) is 147 Å². The lowest BCUT2D eigenvalue weighted by atomic mass is 9.98. The van der Waals surface area contributed by atoms with Crippen molar-refractivity contribution in [3.05, 3.63) is 54.4 Å². The van der Waals surface area contributed by atoms with E-state index in [0.29, 0.717) is 44.8 Å². The fourth-order valence-corrected chi connectivity index (χ4v) is 5.93. The zero-order valence-electron chi connectivity index (χ0n) is 26.3. The van der Waals surface area contributed by atoms with Crippen LogP contribution in [0.25, 0.3) is 11.1 Å². The third-order valence-corrected chi connectivity index (χ3v) is 9.21. The van der Waals surface area contributed by atoms with Gasteiger partial charge in [-0.3, -0.25) is 4.90 Å². The van der Waals surface area contributed by atoms with Gasteiger partial charge in [0.05, 0.1) is 24.7 Å². The number of alkyl halides is 3. The van der Waals surface area contributed by atoms with Gasteiger partial charge in [-0.25, -0.2) is 17.9 Å². The molecule has 2 N–H and O–H groups in total. The largest absolute Gasteiger partial charge is 0.493 e. The van der Waals surface area contributed by atoms with Gasteiger partial charge in [-0.1, -0.05) is 43.3 Å². The first-order valence-corrected chi connectivity index (χ1v) is 16.8. The molecule has 1 aromatic heterocycles. The maximum atomic E-state index is 12.7. The molecule has 16 heteroatoms. The number of aliphatic carboxylic acids is 1. The zero-order chi connectivity index (χ0) is 34.0. The van der Waals surface area contributed by atoms with E-state index in [-0.39, 0.29) is 10.8 Å². The molecule has 0 saturated carbocycles. The van der Waals surface area contributed by atoms with Crippen LogP contribution in [0, 0.1) is 5.92 Å². The second-order valence-corrected chi connectivity index (χ2v) is 13.3. The van der Waals surface area contributed by atoms with Gasteiger partial charge in [-0.05, 0) is 54.2 Å². The van der Waals surface area contributed by atoms with Gasteiger partial charge in [0.2, 0.25) is 10.0 Å². The predicted octanol–water partition coefficient (Wildman–Crippen LogP) is 4.40. The summed E-state index contributed by atoms with van der Waals surface area (Å²) < 4.78 is 76.7. The number of aromatic nitrogens is 2. The van der Waals surface area contributed by atoms with Crippen molar-refractivity contribution in [1.29, 1.82) is 0 Å². The van der Waals surface area contributed by atoms with E-state index in [9.17, 15) is 21.6 Å². The summed E-state index contributed by atoms with van der Waals surface area (Å²) in [5.41, 5.74) is 1.96. The molecule has 47 heavy (non-hydrogen) atoms. The highest BCUT2D eigenvalue weighted by Gasteiger charge is 2.38. The summed E-state index contributed by atoms with van der Waals surface area (Å²) in [5, 5.41) is 11.2. The molecule has 2 aliphatic heterocycles. The highest BCUT2D eigenvalue weighted by Crippen LogP contribution is 2.27. The van der Waals surface area contributed by atoms with Crippen LogP contribution in [0.15, 0.2) is 57.9 Å². The van der Waals surface area contributed by atoms with Crippen molar-refractivity contribution in [2.45, 2.75) is 43.7 Å². The maximum absolute atomic E-state index is 12.7. The number of anilines is 1. The molecular formula is C31H40F3N5O7S. The Kier molecular flexibility index (Phi) is 12.6. The number of benzene rings is 2. The number of halogens is 3. The molecule has 0 atom stereocenters. The summed E-state index contributed by atoms with van der Waals surface area (Å²) in [5.74, 6) is -0.457. The van der Waals surface area contributed by atoms with Crippen molar-refractivity contribution in [2.75, 3.05) is 64.0 Å². The molecule has 0 aliphatic carbocycles. The average molecular weight is 684 g/mol. The highest BCUT2D eigenvalue weighted by molar-refractivity contribution is 7.89. The Balaban J connectivity index is 0.000000644. The predicted molar refractivity (Wildman–Crippen MR) is 167 cm³/mol. The van der Waals surface area contributed by atoms with Crippen molar-refractivity contribution in [3.8, 4) is 16.9 Å². The average Bonchev–Trinajstić information content (AvgIpc) is 3.56. The maximum Gasteiger partial charge on any atom is 0.490 e. The molecule has 258 valence electrons. The number of nitrogens with zero attached hydrogens (tertiary/aromatic N) is 4. The van der Waals surface area contributed by atoms with Crippen LogP contribution in [0.4, 0.5) is 19.2 Å². The highest BCUT2D eigenvalue weighted by atomic mass is 32.2. The van der Waals surface area contributed by atoms with Gasteiger partial charge < -0.3 is 24.0 Å². The van der Waals surface area contributed by atoms with E-state index in [2.05, 4.69) is 38.5 Å². The number of sulfonamides is 1. The van der Waals surface area contributed by atoms with E-state index in [1.807, 2.05) is 36.4 Å². The van der Waals surface area contributed by atoms with Crippen molar-refractivity contribution in [3.63, 3.8) is 0 Å². The quantitative estimate of drug-likeness (QED) is 0.297. The summed E-state index contributed by atoms with van der Waals surface area (Å²) in [4.78, 5) is 18.0. The van der Waals surface area contributed by atoms with Gasteiger partial charge in [0.25, 0.3) is 0 Å². The van der Waals surface area contributed by atoms with Crippen molar-refractivity contribution >= 4 is 22.0 Å². The number of morpholine rings is 1. The minimum atomic E-state index is -5.08. The second-order valence-electron chi connectivity index (χ2n) is 11.5. The van der Waals surface area contributed by atoms with E-state index >= 15 is 0 Å². The number of nitrogens with one attached hydrogen (secondary N) is 1. The van der Waals surface area contributed by atoms with Crippen LogP contribution >= 0.6 is 0 Å². The number of hydrogen-bond acceptors (Lipinski definition) is 10. The van der Waals surface area contributed by atoms with Gasteiger partial charge >= 0.3 is 18.2 Å². The first-order chi connectivity index (χ1) is 22.3. The van der Waals surface area contributed by atoms with Crippen LogP contribution in [0.3, 0.4) is 0 Å². The molecule has 0 radical (unpaired) electrons. The molecule has 2 saturated heterocycles. The van der Waals surface area contributed by atoms with Gasteiger partial charge in [0.15, 0.2) is 5.82 Å². The number of carboxylic acid groups (broad SMARTS) is 1. The molecular weight excluding hydrogens is 643 g/mol. The third-order valence-electron chi connectivity index (χ3n) is 7.74. The van der Waals surface area contributed by atoms with Crippen molar-refractivity contribution in [2.24, 2.45) is 5.92 Å². The van der Waals surface area contributed by atoms with E-state index in [0.717, 1.165) is 61.7 Å². The summed E-state index contributed by atoms with van der Waals surface area (Å²) in [6.45, 7) is 10.7. The van der Waals surface area contributed by atoms with Crippen LogP contribution in [-0.2, 0) is 19.6 Å². The molecule has 2 aromatic carbocycles. The van der Waals surface area contributed by atoms with E-state index in [4.69, 9.17) is 23.9 Å². The molecule has 0 unspecified atom stereocenters. The Bertz CT molecular complexity index is 1520.